The molecule has 1 unspecified atom stereocenters. The predicted octanol–water partition coefficient (Wildman–Crippen LogP) is 2.61. The number of rotatable bonds is 4. The van der Waals surface area contributed by atoms with Gasteiger partial charge in [0, 0.05) is 12.6 Å². The van der Waals surface area contributed by atoms with E-state index in [1.165, 1.54) is 11.1 Å². The van der Waals surface area contributed by atoms with E-state index in [2.05, 4.69) is 39.1 Å². The lowest BCUT2D eigenvalue weighted by atomic mass is 9.94. The number of aryl methyl sites for hydroxylation is 1. The number of nitrogens with zero attached hydrogens (tertiary/aromatic N) is 3. The van der Waals surface area contributed by atoms with Gasteiger partial charge in [0.15, 0.2) is 5.69 Å². The number of hydrogen-bond donors (Lipinski definition) is 2. The van der Waals surface area contributed by atoms with E-state index in [0.717, 1.165) is 24.2 Å². The minimum atomic E-state index is -0.214. The highest BCUT2D eigenvalue weighted by atomic mass is 35.5. The van der Waals surface area contributed by atoms with Crippen LogP contribution in [0.5, 0.6) is 0 Å². The van der Waals surface area contributed by atoms with Crippen molar-refractivity contribution in [3.63, 3.8) is 0 Å². The molecule has 1 aliphatic heterocycles. The van der Waals surface area contributed by atoms with E-state index in [-0.39, 0.29) is 24.4 Å². The minimum absolute atomic E-state index is 0. The van der Waals surface area contributed by atoms with Crippen LogP contribution in [-0.2, 0) is 6.42 Å². The number of nitrogens with one attached hydrogen (secondary N) is 2. The number of halogens is 1. The number of carbonyl (C=O) groups is 1. The molecule has 0 saturated heterocycles. The fourth-order valence-corrected chi connectivity index (χ4v) is 3.32. The highest BCUT2D eigenvalue weighted by Crippen LogP contribution is 2.21. The second-order valence-electron chi connectivity index (χ2n) is 6.55. The van der Waals surface area contributed by atoms with Crippen LogP contribution in [0.15, 0.2) is 54.7 Å². The molecule has 1 aliphatic rings. The van der Waals surface area contributed by atoms with E-state index in [1.54, 1.807) is 10.9 Å². The van der Waals surface area contributed by atoms with Gasteiger partial charge in [-0.3, -0.25) is 4.79 Å². The Morgan fingerprint density at radius 2 is 2.11 bits per heavy atom. The second kappa shape index (κ2) is 8.33. The summed E-state index contributed by atoms with van der Waals surface area (Å²) in [6.07, 6.45) is 2.68. The molecule has 0 saturated carbocycles. The molecule has 140 valence electrons. The molecule has 3 aromatic rings. The Morgan fingerprint density at radius 1 is 1.26 bits per heavy atom. The summed E-state index contributed by atoms with van der Waals surface area (Å²) in [5.74, 6) is -0.214. The Morgan fingerprint density at radius 3 is 2.96 bits per heavy atom. The summed E-state index contributed by atoms with van der Waals surface area (Å²) in [4.78, 5) is 12.5. The van der Waals surface area contributed by atoms with Gasteiger partial charge in [-0.1, -0.05) is 41.6 Å². The monoisotopic (exact) mass is 383 g/mol. The lowest BCUT2D eigenvalue weighted by Gasteiger charge is -2.26. The van der Waals surface area contributed by atoms with Gasteiger partial charge < -0.3 is 10.6 Å². The van der Waals surface area contributed by atoms with Crippen LogP contribution in [0.3, 0.4) is 0 Å². The summed E-state index contributed by atoms with van der Waals surface area (Å²) in [7, 11) is 0. The predicted molar refractivity (Wildman–Crippen MR) is 107 cm³/mol. The molecule has 1 aromatic heterocycles. The molecule has 0 fully saturated rings. The van der Waals surface area contributed by atoms with Crippen molar-refractivity contribution in [2.24, 2.45) is 0 Å². The Hall–Kier alpha value is -2.70. The van der Waals surface area contributed by atoms with Crippen LogP contribution < -0.4 is 10.6 Å². The van der Waals surface area contributed by atoms with Crippen LogP contribution >= 0.6 is 12.4 Å². The SMILES string of the molecule is Cc1cccc(-n2cc(C(=O)NCC3NCCc4ccccc43)nn2)c1.Cl. The lowest BCUT2D eigenvalue weighted by molar-refractivity contribution is 0.0944. The maximum atomic E-state index is 12.5. The van der Waals surface area contributed by atoms with Crippen molar-refractivity contribution in [1.82, 2.24) is 25.6 Å². The van der Waals surface area contributed by atoms with Crippen LogP contribution in [0.2, 0.25) is 0 Å². The number of fused-ring (bicyclic) bond motifs is 1. The zero-order chi connectivity index (χ0) is 17.9. The minimum Gasteiger partial charge on any atom is -0.349 e. The molecule has 0 radical (unpaired) electrons. The first-order valence-corrected chi connectivity index (χ1v) is 8.79. The largest absolute Gasteiger partial charge is 0.349 e. The van der Waals surface area contributed by atoms with Crippen LogP contribution in [0.1, 0.15) is 33.2 Å². The van der Waals surface area contributed by atoms with Gasteiger partial charge in [0.1, 0.15) is 0 Å². The maximum Gasteiger partial charge on any atom is 0.273 e. The van der Waals surface area contributed by atoms with Crippen molar-refractivity contribution in [1.29, 1.82) is 0 Å². The van der Waals surface area contributed by atoms with Crippen LogP contribution in [-0.4, -0.2) is 34.0 Å². The van der Waals surface area contributed by atoms with Gasteiger partial charge in [-0.05, 0) is 48.7 Å². The highest BCUT2D eigenvalue weighted by Gasteiger charge is 2.20. The zero-order valence-corrected chi connectivity index (χ0v) is 15.9. The van der Waals surface area contributed by atoms with Gasteiger partial charge in [-0.15, -0.1) is 17.5 Å². The average molecular weight is 384 g/mol. The van der Waals surface area contributed by atoms with Gasteiger partial charge in [-0.2, -0.15) is 0 Å². The van der Waals surface area contributed by atoms with Crippen molar-refractivity contribution < 1.29 is 4.79 Å². The Kier molecular flexibility index (Phi) is 5.88. The van der Waals surface area contributed by atoms with E-state index in [1.807, 2.05) is 37.3 Å². The van der Waals surface area contributed by atoms with Crippen molar-refractivity contribution >= 4 is 18.3 Å². The Balaban J connectivity index is 0.00000210. The molecule has 4 rings (SSSR count). The highest BCUT2D eigenvalue weighted by molar-refractivity contribution is 5.91. The van der Waals surface area contributed by atoms with E-state index < -0.39 is 0 Å². The molecule has 1 amide bonds. The summed E-state index contributed by atoms with van der Waals surface area (Å²) in [6, 6.07) is 16.4. The molecule has 7 heteroatoms. The molecule has 2 N–H and O–H groups in total. The molecule has 0 spiro atoms. The Labute approximate surface area is 164 Å². The molecular formula is C20H22ClN5O. The van der Waals surface area contributed by atoms with E-state index >= 15 is 0 Å². The number of amides is 1. The molecule has 2 heterocycles. The number of carbonyl (C=O) groups excluding carboxylic acids is 1. The number of benzene rings is 2. The first-order chi connectivity index (χ1) is 12.7. The first kappa shape index (κ1) is 19.1. The van der Waals surface area contributed by atoms with Gasteiger partial charge in [-0.25, -0.2) is 4.68 Å². The smallest absolute Gasteiger partial charge is 0.273 e. The third kappa shape index (κ3) is 4.18. The standard InChI is InChI=1S/C20H21N5O.ClH/c1-14-5-4-7-16(11-14)25-13-19(23-24-25)20(26)22-12-18-17-8-3-2-6-15(17)9-10-21-18;/h2-8,11,13,18,21H,9-10,12H2,1H3,(H,22,26);1H. The van der Waals surface area contributed by atoms with Crippen LogP contribution in [0, 0.1) is 6.92 Å². The summed E-state index contributed by atoms with van der Waals surface area (Å²) in [6.45, 7) is 3.46. The molecular weight excluding hydrogens is 362 g/mol. The lowest BCUT2D eigenvalue weighted by Crippen LogP contribution is -2.38. The summed E-state index contributed by atoms with van der Waals surface area (Å²) in [5.41, 5.74) is 4.93. The van der Waals surface area contributed by atoms with Gasteiger partial charge in [0.25, 0.3) is 5.91 Å². The van der Waals surface area contributed by atoms with E-state index in [9.17, 15) is 4.79 Å². The molecule has 0 bridgehead atoms. The third-order valence-electron chi connectivity index (χ3n) is 4.67. The summed E-state index contributed by atoms with van der Waals surface area (Å²) >= 11 is 0. The zero-order valence-electron chi connectivity index (χ0n) is 15.1. The maximum absolute atomic E-state index is 12.5. The van der Waals surface area contributed by atoms with Gasteiger partial charge >= 0.3 is 0 Å². The average Bonchev–Trinajstić information content (AvgIpc) is 3.16. The summed E-state index contributed by atoms with van der Waals surface area (Å²) in [5, 5.41) is 14.5. The molecule has 27 heavy (non-hydrogen) atoms. The number of aromatic nitrogens is 3. The fraction of sp³-hybridized carbons (Fsp3) is 0.250. The van der Waals surface area contributed by atoms with Crippen LogP contribution in [0.25, 0.3) is 5.69 Å². The second-order valence-corrected chi connectivity index (χ2v) is 6.55. The Bertz CT molecular complexity index is 939. The van der Waals surface area contributed by atoms with Crippen molar-refractivity contribution in [2.75, 3.05) is 13.1 Å². The third-order valence-corrected chi connectivity index (χ3v) is 4.67. The quantitative estimate of drug-likeness (QED) is 0.726. The summed E-state index contributed by atoms with van der Waals surface area (Å²) < 4.78 is 1.62. The van der Waals surface area contributed by atoms with Gasteiger partial charge in [0.2, 0.25) is 0 Å². The van der Waals surface area contributed by atoms with Crippen LogP contribution in [0.4, 0.5) is 0 Å². The molecule has 1 atom stereocenters. The first-order valence-electron chi connectivity index (χ1n) is 8.79. The molecule has 6 nitrogen and oxygen atoms in total. The molecule has 0 aliphatic carbocycles. The number of hydrogen-bond acceptors (Lipinski definition) is 4. The van der Waals surface area contributed by atoms with Gasteiger partial charge in [0.05, 0.1) is 11.9 Å². The van der Waals surface area contributed by atoms with E-state index in [0.29, 0.717) is 12.2 Å². The molecule has 2 aromatic carbocycles. The van der Waals surface area contributed by atoms with Crippen molar-refractivity contribution in [2.45, 2.75) is 19.4 Å². The van der Waals surface area contributed by atoms with E-state index in [4.69, 9.17) is 0 Å². The fourth-order valence-electron chi connectivity index (χ4n) is 3.32. The topological polar surface area (TPSA) is 71.8 Å². The van der Waals surface area contributed by atoms with Crippen molar-refractivity contribution in [3.8, 4) is 5.69 Å². The normalized spacial score (nSPS) is 15.5. The van der Waals surface area contributed by atoms with Crippen molar-refractivity contribution in [3.05, 3.63) is 77.1 Å².